The number of carbonyl (C=O) groups excluding carboxylic acids is 1. The van der Waals surface area contributed by atoms with Crippen LogP contribution in [0.2, 0.25) is 0 Å². The fourth-order valence-electron chi connectivity index (χ4n) is 3.84. The van der Waals surface area contributed by atoms with Crippen molar-refractivity contribution in [1.82, 2.24) is 19.7 Å². The van der Waals surface area contributed by atoms with Gasteiger partial charge in [0.15, 0.2) is 11.6 Å². The first-order chi connectivity index (χ1) is 14.1. The van der Waals surface area contributed by atoms with Gasteiger partial charge in [-0.15, -0.1) is 10.2 Å². The molecule has 150 valence electrons. The van der Waals surface area contributed by atoms with Gasteiger partial charge in [-0.1, -0.05) is 36.4 Å². The van der Waals surface area contributed by atoms with E-state index in [1.54, 1.807) is 17.0 Å². The average Bonchev–Trinajstić information content (AvgIpc) is 3.18. The number of nitrogens with two attached hydrogens (primary N) is 1. The van der Waals surface area contributed by atoms with Gasteiger partial charge in [-0.25, -0.2) is 4.39 Å². The third-order valence-electron chi connectivity index (χ3n) is 5.27. The van der Waals surface area contributed by atoms with Crippen LogP contribution in [0.5, 0.6) is 0 Å². The summed E-state index contributed by atoms with van der Waals surface area (Å²) in [7, 11) is 0. The molecule has 2 heterocycles. The lowest BCUT2D eigenvalue weighted by atomic mass is 10.0. The second kappa shape index (κ2) is 8.13. The smallest absolute Gasteiger partial charge is 0.257 e. The highest BCUT2D eigenvalue weighted by Crippen LogP contribution is 2.28. The molecule has 0 fully saturated rings. The Morgan fingerprint density at radius 1 is 1.21 bits per heavy atom. The maximum atomic E-state index is 14.4. The van der Waals surface area contributed by atoms with Crippen LogP contribution in [-0.2, 0) is 13.0 Å². The predicted molar refractivity (Wildman–Crippen MR) is 109 cm³/mol. The molecular weight excluding hydrogens is 369 g/mol. The zero-order chi connectivity index (χ0) is 20.4. The number of carbonyl (C=O) groups is 1. The minimum Gasteiger partial charge on any atom is -0.330 e. The van der Waals surface area contributed by atoms with Gasteiger partial charge in [0.25, 0.3) is 5.91 Å². The predicted octanol–water partition coefficient (Wildman–Crippen LogP) is 3.19. The van der Waals surface area contributed by atoms with Gasteiger partial charge in [0.1, 0.15) is 5.82 Å². The van der Waals surface area contributed by atoms with Gasteiger partial charge in [-0.05, 0) is 44.0 Å². The lowest BCUT2D eigenvalue weighted by Gasteiger charge is -2.32. The quantitative estimate of drug-likeness (QED) is 0.722. The average molecular weight is 393 g/mol. The van der Waals surface area contributed by atoms with Crippen LogP contribution in [-0.4, -0.2) is 38.7 Å². The molecule has 0 saturated heterocycles. The number of hydrogen-bond donors (Lipinski definition) is 1. The number of nitrogens with zero attached hydrogens (tertiary/aromatic N) is 4. The summed E-state index contributed by atoms with van der Waals surface area (Å²) < 4.78 is 16.5. The number of amides is 1. The normalized spacial score (nSPS) is 16.0. The molecule has 1 aromatic heterocycles. The molecule has 0 unspecified atom stereocenters. The monoisotopic (exact) mass is 393 g/mol. The third-order valence-corrected chi connectivity index (χ3v) is 5.27. The van der Waals surface area contributed by atoms with E-state index in [2.05, 4.69) is 14.8 Å². The Morgan fingerprint density at radius 3 is 2.76 bits per heavy atom. The minimum absolute atomic E-state index is 0.0172. The van der Waals surface area contributed by atoms with Crippen molar-refractivity contribution in [2.75, 3.05) is 13.1 Å². The van der Waals surface area contributed by atoms with Gasteiger partial charge in [0, 0.05) is 12.1 Å². The van der Waals surface area contributed by atoms with Gasteiger partial charge in [-0.2, -0.15) is 0 Å². The van der Waals surface area contributed by atoms with Crippen molar-refractivity contribution in [3.05, 3.63) is 71.3 Å². The number of fused-ring (bicyclic) bond motifs is 1. The molecule has 7 heteroatoms. The van der Waals surface area contributed by atoms with E-state index >= 15 is 0 Å². The standard InChI is InChI=1S/C22H24FN5O/c1-15-13-27(22(29)18-12-16(6-5-11-24)9-10-19(18)23)14-20-25-26-21(28(15)20)17-7-3-2-4-8-17/h2-4,7-10,12,15H,5-6,11,13-14,24H2,1H3/t15-/m0/s1. The molecule has 0 radical (unpaired) electrons. The third kappa shape index (κ3) is 3.78. The Labute approximate surface area is 169 Å². The minimum atomic E-state index is -0.504. The van der Waals surface area contributed by atoms with Gasteiger partial charge in [0.2, 0.25) is 0 Å². The molecule has 1 atom stereocenters. The Morgan fingerprint density at radius 2 is 2.00 bits per heavy atom. The van der Waals surface area contributed by atoms with Gasteiger partial charge >= 0.3 is 0 Å². The zero-order valence-electron chi connectivity index (χ0n) is 16.4. The van der Waals surface area contributed by atoms with Crippen molar-refractivity contribution in [3.63, 3.8) is 0 Å². The highest BCUT2D eigenvalue weighted by Gasteiger charge is 2.31. The van der Waals surface area contributed by atoms with E-state index < -0.39 is 5.82 Å². The lowest BCUT2D eigenvalue weighted by molar-refractivity contribution is 0.0677. The fraction of sp³-hybridized carbons (Fsp3) is 0.318. The molecule has 2 N–H and O–H groups in total. The van der Waals surface area contributed by atoms with Crippen LogP contribution in [0.25, 0.3) is 11.4 Å². The molecule has 29 heavy (non-hydrogen) atoms. The van der Waals surface area contributed by atoms with Crippen LogP contribution in [0.1, 0.15) is 41.1 Å². The summed E-state index contributed by atoms with van der Waals surface area (Å²) in [6.07, 6.45) is 1.52. The van der Waals surface area contributed by atoms with Gasteiger partial charge in [0.05, 0.1) is 18.2 Å². The highest BCUT2D eigenvalue weighted by atomic mass is 19.1. The molecule has 0 aliphatic carbocycles. The second-order valence-corrected chi connectivity index (χ2v) is 7.42. The summed E-state index contributed by atoms with van der Waals surface area (Å²) in [4.78, 5) is 14.7. The van der Waals surface area contributed by atoms with Gasteiger partial charge in [-0.3, -0.25) is 4.79 Å². The SMILES string of the molecule is C[C@H]1CN(C(=O)c2cc(CCCN)ccc2F)Cc2nnc(-c3ccccc3)n21. The maximum Gasteiger partial charge on any atom is 0.257 e. The second-order valence-electron chi connectivity index (χ2n) is 7.42. The number of benzene rings is 2. The van der Waals surface area contributed by atoms with E-state index in [0.717, 1.165) is 29.8 Å². The molecule has 1 aliphatic heterocycles. The van der Waals surface area contributed by atoms with Crippen LogP contribution < -0.4 is 5.73 Å². The molecule has 6 nitrogen and oxygen atoms in total. The Bertz CT molecular complexity index is 1020. The van der Waals surface area contributed by atoms with E-state index in [9.17, 15) is 9.18 Å². The van der Waals surface area contributed by atoms with Crippen LogP contribution >= 0.6 is 0 Å². The summed E-state index contributed by atoms with van der Waals surface area (Å²) in [6.45, 7) is 3.35. The summed E-state index contributed by atoms with van der Waals surface area (Å²) in [6, 6.07) is 14.6. The molecule has 4 rings (SSSR count). The van der Waals surface area contributed by atoms with Crippen LogP contribution in [0.3, 0.4) is 0 Å². The fourth-order valence-corrected chi connectivity index (χ4v) is 3.84. The largest absolute Gasteiger partial charge is 0.330 e. The van der Waals surface area contributed by atoms with Crippen molar-refractivity contribution in [2.45, 2.75) is 32.4 Å². The Balaban J connectivity index is 1.60. The topological polar surface area (TPSA) is 77.0 Å². The molecule has 1 amide bonds. The summed E-state index contributed by atoms with van der Waals surface area (Å²) in [5, 5.41) is 8.64. The first-order valence-electron chi connectivity index (χ1n) is 9.85. The number of aryl methyl sites for hydroxylation is 1. The molecular formula is C22H24FN5O. The van der Waals surface area contributed by atoms with Gasteiger partial charge < -0.3 is 15.2 Å². The molecule has 2 aromatic carbocycles. The van der Waals surface area contributed by atoms with Crippen molar-refractivity contribution in [3.8, 4) is 11.4 Å². The number of aromatic nitrogens is 3. The number of halogens is 1. The van der Waals surface area contributed by atoms with Crippen LogP contribution in [0, 0.1) is 5.82 Å². The van der Waals surface area contributed by atoms with Crippen molar-refractivity contribution in [1.29, 1.82) is 0 Å². The molecule has 1 aliphatic rings. The first kappa shape index (κ1) is 19.3. The molecule has 3 aromatic rings. The molecule has 0 bridgehead atoms. The van der Waals surface area contributed by atoms with Crippen molar-refractivity contribution >= 4 is 5.91 Å². The lowest BCUT2D eigenvalue weighted by Crippen LogP contribution is -2.40. The summed E-state index contributed by atoms with van der Waals surface area (Å²) in [5.41, 5.74) is 7.56. The van der Waals surface area contributed by atoms with Crippen molar-refractivity contribution in [2.24, 2.45) is 5.73 Å². The van der Waals surface area contributed by atoms with Crippen molar-refractivity contribution < 1.29 is 9.18 Å². The molecule has 0 spiro atoms. The zero-order valence-corrected chi connectivity index (χ0v) is 16.4. The molecule has 0 saturated carbocycles. The van der Waals surface area contributed by atoms with E-state index in [1.807, 2.05) is 37.3 Å². The highest BCUT2D eigenvalue weighted by molar-refractivity contribution is 5.94. The summed E-state index contributed by atoms with van der Waals surface area (Å²) >= 11 is 0. The number of rotatable bonds is 5. The summed E-state index contributed by atoms with van der Waals surface area (Å²) in [5.74, 6) is 0.668. The maximum absolute atomic E-state index is 14.4. The van der Waals surface area contributed by atoms with Crippen LogP contribution in [0.4, 0.5) is 4.39 Å². The van der Waals surface area contributed by atoms with Crippen LogP contribution in [0.15, 0.2) is 48.5 Å². The Hall–Kier alpha value is -3.06. The number of hydrogen-bond acceptors (Lipinski definition) is 4. The van der Waals surface area contributed by atoms with E-state index in [4.69, 9.17) is 5.73 Å². The van der Waals surface area contributed by atoms with E-state index in [1.165, 1.54) is 6.07 Å². The van der Waals surface area contributed by atoms with E-state index in [0.29, 0.717) is 25.5 Å². The Kier molecular flexibility index (Phi) is 5.40. The van der Waals surface area contributed by atoms with E-state index in [-0.39, 0.29) is 17.5 Å². The first-order valence-corrected chi connectivity index (χ1v) is 9.85.